The average molecular weight is 627 g/mol. The number of pyridine rings is 3. The Morgan fingerprint density at radius 2 is 1.86 bits per heavy atom. The summed E-state index contributed by atoms with van der Waals surface area (Å²) in [7, 11) is -4.45. The number of hydrogen-bond acceptors (Lipinski definition) is 8. The molecule has 1 unspecified atom stereocenters. The zero-order valence-electron chi connectivity index (χ0n) is 25.5. The van der Waals surface area contributed by atoms with E-state index in [1.807, 2.05) is 57.5 Å². The van der Waals surface area contributed by atoms with Gasteiger partial charge in [0.2, 0.25) is 5.95 Å². The molecule has 1 aliphatic heterocycles. The maximum absolute atomic E-state index is 14.7. The number of anilines is 1. The second-order valence-electron chi connectivity index (χ2n) is 12.8. The van der Waals surface area contributed by atoms with Crippen LogP contribution >= 0.6 is 0 Å². The number of aromatic nitrogens is 3. The molecule has 44 heavy (non-hydrogen) atoms. The Morgan fingerprint density at radius 3 is 2.48 bits per heavy atom. The summed E-state index contributed by atoms with van der Waals surface area (Å²) < 4.78 is 42.7. The van der Waals surface area contributed by atoms with Gasteiger partial charge in [0.1, 0.15) is 5.82 Å². The lowest BCUT2D eigenvalue weighted by molar-refractivity contribution is 0.0975. The van der Waals surface area contributed by atoms with Gasteiger partial charge >= 0.3 is 6.09 Å². The topological polar surface area (TPSA) is 154 Å². The molecule has 3 aromatic heterocycles. The highest BCUT2D eigenvalue weighted by atomic mass is 32.2. The molecule has 0 spiro atoms. The normalized spacial score (nSPS) is 17.2. The van der Waals surface area contributed by atoms with E-state index in [2.05, 4.69) is 20.3 Å². The number of hydrogen-bond donors (Lipinski definition) is 3. The maximum atomic E-state index is 14.7. The number of carbonyl (C=O) groups excluding carboxylic acids is 1. The van der Waals surface area contributed by atoms with Gasteiger partial charge in [-0.3, -0.25) is 9.78 Å². The fourth-order valence-corrected chi connectivity index (χ4v) is 6.39. The van der Waals surface area contributed by atoms with Gasteiger partial charge in [0.25, 0.3) is 15.9 Å². The van der Waals surface area contributed by atoms with Gasteiger partial charge in [0, 0.05) is 47.5 Å². The van der Waals surface area contributed by atoms with Crippen molar-refractivity contribution >= 4 is 27.8 Å². The summed E-state index contributed by atoms with van der Waals surface area (Å²) in [6.07, 6.45) is 3.40. The molecule has 1 aliphatic rings. The predicted octanol–water partition coefficient (Wildman–Crippen LogP) is 5.01. The summed E-state index contributed by atoms with van der Waals surface area (Å²) in [4.78, 5) is 38.4. The lowest BCUT2D eigenvalue weighted by Crippen LogP contribution is -2.41. The summed E-state index contributed by atoms with van der Waals surface area (Å²) in [6, 6.07) is 12.4. The number of nitrogens with zero attached hydrogens (tertiary/aromatic N) is 4. The first-order chi connectivity index (χ1) is 20.5. The minimum absolute atomic E-state index is 0.163. The molecule has 3 aromatic rings. The zero-order chi connectivity index (χ0) is 32.3. The van der Waals surface area contributed by atoms with Crippen molar-refractivity contribution in [2.45, 2.75) is 82.3 Å². The van der Waals surface area contributed by atoms with Gasteiger partial charge in [-0.25, -0.2) is 19.5 Å². The Balaban J connectivity index is 1.49. The first-order valence-corrected chi connectivity index (χ1v) is 15.9. The minimum Gasteiger partial charge on any atom is -0.465 e. The van der Waals surface area contributed by atoms with Crippen LogP contribution < -0.4 is 10.0 Å². The van der Waals surface area contributed by atoms with E-state index in [4.69, 9.17) is 0 Å². The molecule has 1 fully saturated rings. The van der Waals surface area contributed by atoms with Crippen LogP contribution in [0.25, 0.3) is 0 Å². The minimum atomic E-state index is -4.45. The Bertz CT molecular complexity index is 1610. The molecular formula is C31H39FN6O5S. The molecular weight excluding hydrogens is 587 g/mol. The van der Waals surface area contributed by atoms with Gasteiger partial charge in [0.05, 0.1) is 5.56 Å². The monoisotopic (exact) mass is 626 g/mol. The Hall–Kier alpha value is -4.13. The molecule has 0 aromatic carbocycles. The summed E-state index contributed by atoms with van der Waals surface area (Å²) in [6.45, 7) is 9.81. The molecule has 2 atom stereocenters. The van der Waals surface area contributed by atoms with Crippen LogP contribution in [-0.4, -0.2) is 63.5 Å². The van der Waals surface area contributed by atoms with E-state index in [1.165, 1.54) is 29.2 Å². The molecule has 0 radical (unpaired) electrons. The van der Waals surface area contributed by atoms with Gasteiger partial charge in [-0.05, 0) is 75.4 Å². The van der Waals surface area contributed by atoms with Gasteiger partial charge in [0.15, 0.2) is 5.03 Å². The second-order valence-corrected chi connectivity index (χ2v) is 14.4. The van der Waals surface area contributed by atoms with Crippen LogP contribution in [-0.2, 0) is 21.9 Å². The van der Waals surface area contributed by atoms with Crippen LogP contribution in [0.15, 0.2) is 59.8 Å². The molecule has 4 rings (SSSR count). The standard InChI is InChI=1S/C31H39FN6O5S/c1-30(2,3)24-15-14-23(27(32)35-24)28(39)37-44(42,43)26-11-8-10-25(36-26)34-22(17-21-9-6-7-16-33-21)13-12-20-18-31(4,5)38(19-20)29(40)41/h6-11,14-16,20,22H,12-13,17-19H2,1-5H3,(H,34,36)(H,37,39)(H,40,41)/t20-,22?/m0/s1. The smallest absolute Gasteiger partial charge is 0.407 e. The van der Waals surface area contributed by atoms with Crippen LogP contribution in [0.2, 0.25) is 0 Å². The van der Waals surface area contributed by atoms with E-state index in [-0.39, 0.29) is 17.8 Å². The molecule has 4 heterocycles. The number of nitrogens with one attached hydrogen (secondary N) is 2. The van der Waals surface area contributed by atoms with Crippen molar-refractivity contribution in [3.63, 3.8) is 0 Å². The van der Waals surface area contributed by atoms with Crippen molar-refractivity contribution in [3.8, 4) is 0 Å². The number of amides is 2. The van der Waals surface area contributed by atoms with Crippen molar-refractivity contribution in [2.75, 3.05) is 11.9 Å². The highest BCUT2D eigenvalue weighted by molar-refractivity contribution is 7.90. The van der Waals surface area contributed by atoms with Crippen molar-refractivity contribution in [2.24, 2.45) is 5.92 Å². The summed E-state index contributed by atoms with van der Waals surface area (Å²) in [5.41, 5.74) is -0.162. The second kappa shape index (κ2) is 12.8. The van der Waals surface area contributed by atoms with Crippen LogP contribution in [0.3, 0.4) is 0 Å². The number of likely N-dealkylation sites (tertiary alicyclic amines) is 1. The van der Waals surface area contributed by atoms with E-state index in [9.17, 15) is 27.5 Å². The molecule has 236 valence electrons. The van der Waals surface area contributed by atoms with Crippen LogP contribution in [0.5, 0.6) is 0 Å². The van der Waals surface area contributed by atoms with E-state index in [0.29, 0.717) is 25.1 Å². The number of carboxylic acid groups (broad SMARTS) is 1. The lowest BCUT2D eigenvalue weighted by atomic mass is 9.91. The SMILES string of the molecule is CC(C)(C)c1ccc(C(=O)NS(=O)(=O)c2cccc(NC(CC[C@@H]3CN(C(=O)O)C(C)(C)C3)Cc3ccccn3)n2)c(F)n1. The first-order valence-electron chi connectivity index (χ1n) is 14.4. The third-order valence-electron chi connectivity index (χ3n) is 7.74. The number of sulfonamides is 1. The fraction of sp³-hybridized carbons (Fsp3) is 0.452. The Labute approximate surface area is 257 Å². The largest absolute Gasteiger partial charge is 0.465 e. The molecule has 0 saturated carbocycles. The van der Waals surface area contributed by atoms with Gasteiger partial charge in [-0.15, -0.1) is 0 Å². The van der Waals surface area contributed by atoms with E-state index in [0.717, 1.165) is 18.5 Å². The van der Waals surface area contributed by atoms with Crippen molar-refractivity contribution in [3.05, 3.63) is 77.6 Å². The average Bonchev–Trinajstić information content (AvgIpc) is 3.26. The molecule has 11 nitrogen and oxygen atoms in total. The van der Waals surface area contributed by atoms with E-state index in [1.54, 1.807) is 12.3 Å². The quantitative estimate of drug-likeness (QED) is 0.264. The predicted molar refractivity (Wildman–Crippen MR) is 163 cm³/mol. The third-order valence-corrected chi connectivity index (χ3v) is 8.97. The summed E-state index contributed by atoms with van der Waals surface area (Å²) in [5.74, 6) is -1.79. The zero-order valence-corrected chi connectivity index (χ0v) is 26.4. The maximum Gasteiger partial charge on any atom is 0.407 e. The van der Waals surface area contributed by atoms with Crippen molar-refractivity contribution in [1.82, 2.24) is 24.6 Å². The lowest BCUT2D eigenvalue weighted by Gasteiger charge is -2.28. The van der Waals surface area contributed by atoms with Crippen molar-refractivity contribution < 1.29 is 27.5 Å². The van der Waals surface area contributed by atoms with Gasteiger partial charge < -0.3 is 15.3 Å². The number of carbonyl (C=O) groups is 2. The summed E-state index contributed by atoms with van der Waals surface area (Å²) in [5, 5.41) is 12.5. The van der Waals surface area contributed by atoms with Crippen LogP contribution in [0.4, 0.5) is 15.0 Å². The Kier molecular flexibility index (Phi) is 9.57. The van der Waals surface area contributed by atoms with E-state index < -0.39 is 49.5 Å². The highest BCUT2D eigenvalue weighted by Gasteiger charge is 2.41. The molecule has 13 heteroatoms. The fourth-order valence-electron chi connectivity index (χ4n) is 5.46. The van der Waals surface area contributed by atoms with Crippen LogP contribution in [0.1, 0.15) is 75.6 Å². The third kappa shape index (κ3) is 8.07. The van der Waals surface area contributed by atoms with Gasteiger partial charge in [-0.2, -0.15) is 12.8 Å². The van der Waals surface area contributed by atoms with Crippen molar-refractivity contribution in [1.29, 1.82) is 0 Å². The van der Waals surface area contributed by atoms with Gasteiger partial charge in [-0.1, -0.05) is 32.9 Å². The number of halogens is 1. The molecule has 3 N–H and O–H groups in total. The van der Waals surface area contributed by atoms with Crippen LogP contribution in [0, 0.1) is 11.9 Å². The Morgan fingerprint density at radius 1 is 1.11 bits per heavy atom. The van der Waals surface area contributed by atoms with E-state index >= 15 is 0 Å². The first kappa shape index (κ1) is 32.8. The number of rotatable bonds is 10. The molecule has 1 saturated heterocycles. The summed E-state index contributed by atoms with van der Waals surface area (Å²) >= 11 is 0. The highest BCUT2D eigenvalue weighted by Crippen LogP contribution is 2.35. The molecule has 0 aliphatic carbocycles. The molecule has 0 bridgehead atoms. The molecule has 2 amide bonds.